The summed E-state index contributed by atoms with van der Waals surface area (Å²) in [6.45, 7) is 5.19. The van der Waals surface area contributed by atoms with Crippen molar-refractivity contribution in [1.82, 2.24) is 4.90 Å². The minimum atomic E-state index is -1.41. The summed E-state index contributed by atoms with van der Waals surface area (Å²) in [7, 11) is 0. The van der Waals surface area contributed by atoms with Crippen LogP contribution in [0.1, 0.15) is 49.8 Å². The summed E-state index contributed by atoms with van der Waals surface area (Å²) in [6.07, 6.45) is 4.18. The van der Waals surface area contributed by atoms with Crippen molar-refractivity contribution < 1.29 is 24.2 Å². The van der Waals surface area contributed by atoms with Crippen LogP contribution in [0.3, 0.4) is 0 Å². The molecule has 4 aromatic rings. The molecule has 0 aromatic heterocycles. The standard InChI is InChI=1S/C37H42N2O5/c1-3-4-12-29-17-21-32(22-18-29)38-36(42)39(28-31-13-7-5-8-14-31)25-11-26-43-33-23-19-30(20-24-33)27-37(2,35(40)41)44-34-15-9-6-10-16-34/h5-10,13-24H,3-4,11-12,25-28H2,1-2H3,(H,38,42)(H,40,41)/t37-/m0/s1. The zero-order valence-electron chi connectivity index (χ0n) is 25.6. The molecule has 0 aliphatic rings. The van der Waals surface area contributed by atoms with Gasteiger partial charge in [-0.15, -0.1) is 0 Å². The number of hydrogen-bond acceptors (Lipinski definition) is 4. The molecular formula is C37H42N2O5. The SMILES string of the molecule is CCCCc1ccc(NC(=O)N(CCCOc2ccc(C[C@](C)(Oc3ccccc3)C(=O)O)cc2)Cc2ccccc2)cc1. The molecule has 4 rings (SSSR count). The second kappa shape index (κ2) is 16.2. The van der Waals surface area contributed by atoms with Crippen molar-refractivity contribution in [2.45, 2.75) is 58.1 Å². The molecule has 2 N–H and O–H groups in total. The number of carbonyl (C=O) groups excluding carboxylic acids is 1. The molecule has 0 saturated carbocycles. The highest BCUT2D eigenvalue weighted by Crippen LogP contribution is 2.24. The molecule has 0 aliphatic carbocycles. The van der Waals surface area contributed by atoms with Crippen LogP contribution in [-0.2, 0) is 24.2 Å². The number of nitrogens with zero attached hydrogens (tertiary/aromatic N) is 1. The third-order valence-electron chi connectivity index (χ3n) is 7.37. The summed E-state index contributed by atoms with van der Waals surface area (Å²) in [4.78, 5) is 27.1. The Labute approximate surface area is 260 Å². The molecule has 1 atom stereocenters. The molecule has 7 heteroatoms. The van der Waals surface area contributed by atoms with Gasteiger partial charge in [0.1, 0.15) is 11.5 Å². The third-order valence-corrected chi connectivity index (χ3v) is 7.37. The topological polar surface area (TPSA) is 88.1 Å². The first kappa shape index (κ1) is 32.1. The summed E-state index contributed by atoms with van der Waals surface area (Å²) >= 11 is 0. The molecule has 44 heavy (non-hydrogen) atoms. The van der Waals surface area contributed by atoms with Gasteiger partial charge in [-0.25, -0.2) is 9.59 Å². The average Bonchev–Trinajstić information content (AvgIpc) is 3.03. The Morgan fingerprint density at radius 3 is 2.05 bits per heavy atom. The fraction of sp³-hybridized carbons (Fsp3) is 0.297. The number of benzene rings is 4. The van der Waals surface area contributed by atoms with Crippen LogP contribution < -0.4 is 14.8 Å². The molecule has 0 fully saturated rings. The lowest BCUT2D eigenvalue weighted by Crippen LogP contribution is -2.43. The van der Waals surface area contributed by atoms with Gasteiger partial charge in [0.05, 0.1) is 6.61 Å². The third kappa shape index (κ3) is 9.90. The number of nitrogens with one attached hydrogen (secondary N) is 1. The Bertz CT molecular complexity index is 1440. The molecule has 0 heterocycles. The summed E-state index contributed by atoms with van der Waals surface area (Å²) in [5.41, 5.74) is 2.51. The number of carboxylic acid groups (broad SMARTS) is 1. The average molecular weight is 595 g/mol. The van der Waals surface area contributed by atoms with Crippen LogP contribution in [0.15, 0.2) is 109 Å². The minimum Gasteiger partial charge on any atom is -0.494 e. The molecule has 0 spiro atoms. The predicted molar refractivity (Wildman–Crippen MR) is 174 cm³/mol. The van der Waals surface area contributed by atoms with E-state index in [9.17, 15) is 14.7 Å². The van der Waals surface area contributed by atoms with Crippen LogP contribution in [0.4, 0.5) is 10.5 Å². The zero-order valence-corrected chi connectivity index (χ0v) is 25.6. The smallest absolute Gasteiger partial charge is 0.348 e. The Balaban J connectivity index is 1.30. The number of aryl methyl sites for hydroxylation is 1. The van der Waals surface area contributed by atoms with Gasteiger partial charge < -0.3 is 24.8 Å². The van der Waals surface area contributed by atoms with E-state index in [1.54, 1.807) is 24.0 Å². The first-order valence-electron chi connectivity index (χ1n) is 15.2. The molecule has 0 unspecified atom stereocenters. The van der Waals surface area contributed by atoms with E-state index in [-0.39, 0.29) is 12.5 Å². The van der Waals surface area contributed by atoms with E-state index in [2.05, 4.69) is 24.4 Å². The Morgan fingerprint density at radius 2 is 1.41 bits per heavy atom. The Hall–Kier alpha value is -4.78. The highest BCUT2D eigenvalue weighted by molar-refractivity contribution is 5.89. The van der Waals surface area contributed by atoms with Gasteiger partial charge in [-0.2, -0.15) is 0 Å². The van der Waals surface area contributed by atoms with E-state index in [0.717, 1.165) is 36.1 Å². The van der Waals surface area contributed by atoms with Crippen LogP contribution in [0.25, 0.3) is 0 Å². The summed E-state index contributed by atoms with van der Waals surface area (Å²) in [5.74, 6) is 0.152. The van der Waals surface area contributed by atoms with Crippen molar-refractivity contribution in [2.75, 3.05) is 18.5 Å². The fourth-order valence-corrected chi connectivity index (χ4v) is 4.84. The number of ether oxygens (including phenoxy) is 2. The fourth-order valence-electron chi connectivity index (χ4n) is 4.84. The maximum Gasteiger partial charge on any atom is 0.348 e. The normalized spacial score (nSPS) is 12.1. The van der Waals surface area contributed by atoms with Crippen LogP contribution in [0, 0.1) is 0 Å². The summed E-state index contributed by atoms with van der Waals surface area (Å²) in [5, 5.41) is 12.9. The van der Waals surface area contributed by atoms with Crippen molar-refractivity contribution in [3.05, 3.63) is 126 Å². The number of carboxylic acids is 1. The van der Waals surface area contributed by atoms with Crippen molar-refractivity contribution in [2.24, 2.45) is 0 Å². The number of unbranched alkanes of at least 4 members (excludes halogenated alkanes) is 1. The van der Waals surface area contributed by atoms with E-state index >= 15 is 0 Å². The quantitative estimate of drug-likeness (QED) is 0.128. The molecule has 0 aliphatic heterocycles. The number of amides is 2. The monoisotopic (exact) mass is 594 g/mol. The zero-order chi connectivity index (χ0) is 31.2. The van der Waals surface area contributed by atoms with E-state index < -0.39 is 11.6 Å². The van der Waals surface area contributed by atoms with Crippen LogP contribution in [0.5, 0.6) is 11.5 Å². The van der Waals surface area contributed by atoms with E-state index in [4.69, 9.17) is 9.47 Å². The molecular weight excluding hydrogens is 552 g/mol. The Kier molecular flexibility index (Phi) is 11.8. The maximum absolute atomic E-state index is 13.3. The van der Waals surface area contributed by atoms with Gasteiger partial charge in [-0.1, -0.05) is 86.1 Å². The number of urea groups is 1. The number of rotatable bonds is 16. The van der Waals surface area contributed by atoms with E-state index in [1.165, 1.54) is 5.56 Å². The largest absolute Gasteiger partial charge is 0.494 e. The van der Waals surface area contributed by atoms with E-state index in [1.807, 2.05) is 84.9 Å². The van der Waals surface area contributed by atoms with Gasteiger partial charge in [-0.05, 0) is 79.3 Å². The molecule has 0 radical (unpaired) electrons. The Morgan fingerprint density at radius 1 is 0.773 bits per heavy atom. The summed E-state index contributed by atoms with van der Waals surface area (Å²) in [6, 6.07) is 34.2. The van der Waals surface area contributed by atoms with Gasteiger partial charge in [0.2, 0.25) is 5.60 Å². The van der Waals surface area contributed by atoms with Crippen LogP contribution in [0.2, 0.25) is 0 Å². The molecule has 2 amide bonds. The van der Waals surface area contributed by atoms with Gasteiger partial charge in [0.25, 0.3) is 0 Å². The van der Waals surface area contributed by atoms with Crippen LogP contribution >= 0.6 is 0 Å². The first-order valence-corrected chi connectivity index (χ1v) is 15.2. The number of anilines is 1. The molecule has 7 nitrogen and oxygen atoms in total. The van der Waals surface area contributed by atoms with Crippen LogP contribution in [-0.4, -0.2) is 40.8 Å². The summed E-state index contributed by atoms with van der Waals surface area (Å²) < 4.78 is 11.8. The van der Waals surface area contributed by atoms with Gasteiger partial charge in [0, 0.05) is 25.2 Å². The lowest BCUT2D eigenvalue weighted by atomic mass is 9.96. The van der Waals surface area contributed by atoms with Gasteiger partial charge >= 0.3 is 12.0 Å². The minimum absolute atomic E-state index is 0.154. The van der Waals surface area contributed by atoms with Crippen molar-refractivity contribution in [3.8, 4) is 11.5 Å². The first-order chi connectivity index (χ1) is 21.3. The molecule has 230 valence electrons. The highest BCUT2D eigenvalue weighted by atomic mass is 16.5. The van der Waals surface area contributed by atoms with Crippen molar-refractivity contribution in [1.29, 1.82) is 0 Å². The lowest BCUT2D eigenvalue weighted by molar-refractivity contribution is -0.153. The second-order valence-electron chi connectivity index (χ2n) is 11.1. The lowest BCUT2D eigenvalue weighted by Gasteiger charge is -2.26. The predicted octanol–water partition coefficient (Wildman–Crippen LogP) is 8.00. The van der Waals surface area contributed by atoms with Crippen molar-refractivity contribution >= 4 is 17.7 Å². The second-order valence-corrected chi connectivity index (χ2v) is 11.1. The van der Waals surface area contributed by atoms with E-state index in [0.29, 0.717) is 37.6 Å². The number of hydrogen-bond donors (Lipinski definition) is 2. The maximum atomic E-state index is 13.3. The number of aliphatic carboxylic acids is 1. The van der Waals surface area contributed by atoms with Gasteiger partial charge in [0.15, 0.2) is 0 Å². The number of para-hydroxylation sites is 1. The molecule has 0 bridgehead atoms. The molecule has 0 saturated heterocycles. The van der Waals surface area contributed by atoms with Crippen molar-refractivity contribution in [3.63, 3.8) is 0 Å². The molecule has 4 aromatic carbocycles. The van der Waals surface area contributed by atoms with Gasteiger partial charge in [-0.3, -0.25) is 0 Å². The number of carbonyl (C=O) groups is 2. The highest BCUT2D eigenvalue weighted by Gasteiger charge is 2.36.